The van der Waals surface area contributed by atoms with E-state index < -0.39 is 5.97 Å². The number of unbranched alkanes of at least 4 members (excludes halogenated alkanes) is 3. The average Bonchev–Trinajstić information content (AvgIpc) is 2.56. The summed E-state index contributed by atoms with van der Waals surface area (Å²) in [7, 11) is 0. The molecular weight excluding hydrogens is 393 g/mol. The van der Waals surface area contributed by atoms with Gasteiger partial charge in [-0.15, -0.1) is 0 Å². The van der Waals surface area contributed by atoms with Crippen LogP contribution in [0.5, 0.6) is 0 Å². The molecule has 26 heavy (non-hydrogen) atoms. The Labute approximate surface area is 162 Å². The third-order valence-electron chi connectivity index (χ3n) is 4.25. The predicted octanol–water partition coefficient (Wildman–Crippen LogP) is 1.17. The van der Waals surface area contributed by atoms with Crippen LogP contribution in [-0.2, 0) is 11.2 Å². The number of carboxylic acids is 1. The fraction of sp³-hybridized carbons (Fsp3) is 0.500. The summed E-state index contributed by atoms with van der Waals surface area (Å²) in [4.78, 5) is 27.9. The van der Waals surface area contributed by atoms with Crippen molar-refractivity contribution in [3.63, 3.8) is 0 Å². The van der Waals surface area contributed by atoms with Crippen molar-refractivity contribution in [3.05, 3.63) is 35.5 Å². The summed E-state index contributed by atoms with van der Waals surface area (Å²) >= 11 is 1.45. The third kappa shape index (κ3) is 7.08. The molecule has 0 saturated heterocycles. The molecule has 0 spiro atoms. The smallest absolute Gasteiger partial charge is 0.481 e. The van der Waals surface area contributed by atoms with E-state index in [2.05, 4.69) is 19.9 Å². The van der Waals surface area contributed by atoms with Gasteiger partial charge in [0.25, 0.3) is 0 Å². The van der Waals surface area contributed by atoms with Gasteiger partial charge >= 0.3 is 130 Å². The number of anilines is 1. The third-order valence-corrected chi connectivity index (χ3v) is 4.87. The van der Waals surface area contributed by atoms with Crippen molar-refractivity contribution in [1.29, 1.82) is 0 Å². The van der Waals surface area contributed by atoms with E-state index in [9.17, 15) is 4.79 Å². The number of aromatic nitrogens is 4. The van der Waals surface area contributed by atoms with E-state index in [1.807, 2.05) is 13.0 Å². The van der Waals surface area contributed by atoms with Crippen LogP contribution in [0.3, 0.4) is 0 Å². The van der Waals surface area contributed by atoms with E-state index in [0.717, 1.165) is 54.3 Å². The van der Waals surface area contributed by atoms with Gasteiger partial charge in [0, 0.05) is 0 Å². The van der Waals surface area contributed by atoms with Crippen molar-refractivity contribution in [2.45, 2.75) is 57.8 Å². The summed E-state index contributed by atoms with van der Waals surface area (Å²) in [5.41, 5.74) is 7.59. The SMILES string of the molecule is Cc1ncc([C@@H](CCCCCCc2cc([AsH2])nc(N)n2)CC(=O)O)cn1. The summed E-state index contributed by atoms with van der Waals surface area (Å²) < 4.78 is 0.955. The minimum absolute atomic E-state index is 0.0281. The van der Waals surface area contributed by atoms with Gasteiger partial charge in [-0.3, -0.25) is 4.79 Å². The standard InChI is InChI=1S/C18H26AsN5O2/c1-12-21-10-14(11-22-12)13(8-17(25)26)6-4-2-3-5-7-15-9-16(19)24-18(20)23-15/h9-11,13H,2-8,19H2,1H3,(H,25,26)(H2,20,23,24)/t13-/m0/s1. The van der Waals surface area contributed by atoms with Gasteiger partial charge in [0.05, 0.1) is 0 Å². The molecule has 0 fully saturated rings. The number of hydrogen-bond acceptors (Lipinski definition) is 6. The number of carbonyl (C=O) groups is 1. The van der Waals surface area contributed by atoms with Crippen molar-refractivity contribution < 1.29 is 9.90 Å². The first-order chi connectivity index (χ1) is 12.4. The van der Waals surface area contributed by atoms with Crippen LogP contribution in [-0.4, -0.2) is 47.9 Å². The Morgan fingerprint density at radius 2 is 1.88 bits per heavy atom. The van der Waals surface area contributed by atoms with E-state index in [-0.39, 0.29) is 12.3 Å². The van der Waals surface area contributed by atoms with Crippen molar-refractivity contribution >= 4 is 33.3 Å². The van der Waals surface area contributed by atoms with Crippen LogP contribution in [0.15, 0.2) is 18.5 Å². The second-order valence-corrected chi connectivity index (χ2v) is 7.69. The molecule has 3 N–H and O–H groups in total. The molecule has 2 atom stereocenters. The zero-order valence-corrected chi connectivity index (χ0v) is 17.5. The second-order valence-electron chi connectivity index (χ2n) is 6.45. The summed E-state index contributed by atoms with van der Waals surface area (Å²) in [6, 6.07) is 2.00. The van der Waals surface area contributed by atoms with Crippen molar-refractivity contribution in [1.82, 2.24) is 19.9 Å². The topological polar surface area (TPSA) is 115 Å². The van der Waals surface area contributed by atoms with Crippen LogP contribution in [0.4, 0.5) is 5.95 Å². The van der Waals surface area contributed by atoms with Crippen LogP contribution < -0.4 is 10.2 Å². The van der Waals surface area contributed by atoms with E-state index in [4.69, 9.17) is 10.8 Å². The van der Waals surface area contributed by atoms with Crippen LogP contribution in [0.25, 0.3) is 0 Å². The minimum atomic E-state index is -0.783. The molecule has 2 aromatic heterocycles. The Morgan fingerprint density at radius 1 is 1.19 bits per heavy atom. The van der Waals surface area contributed by atoms with E-state index >= 15 is 0 Å². The molecule has 140 valence electrons. The summed E-state index contributed by atoms with van der Waals surface area (Å²) in [6.45, 7) is 1.82. The number of nitrogens with two attached hydrogens (primary N) is 1. The van der Waals surface area contributed by atoms with Gasteiger partial charge in [0.1, 0.15) is 5.82 Å². The van der Waals surface area contributed by atoms with Crippen LogP contribution in [0.2, 0.25) is 0 Å². The Morgan fingerprint density at radius 3 is 2.54 bits per heavy atom. The maximum atomic E-state index is 11.1. The zero-order valence-electron chi connectivity index (χ0n) is 15.1. The molecule has 0 saturated carbocycles. The maximum absolute atomic E-state index is 11.1. The Kier molecular flexibility index (Phi) is 7.98. The first-order valence-electron chi connectivity index (χ1n) is 8.83. The molecule has 0 aliphatic rings. The molecule has 0 radical (unpaired) electrons. The summed E-state index contributed by atoms with van der Waals surface area (Å²) in [5.74, 6) is 0.233. The molecule has 7 nitrogen and oxygen atoms in total. The quantitative estimate of drug-likeness (QED) is 0.439. The van der Waals surface area contributed by atoms with Gasteiger partial charge in [-0.2, -0.15) is 0 Å². The zero-order chi connectivity index (χ0) is 18.9. The summed E-state index contributed by atoms with van der Waals surface area (Å²) in [5, 5.41) is 9.15. The van der Waals surface area contributed by atoms with E-state index in [0.29, 0.717) is 11.8 Å². The van der Waals surface area contributed by atoms with Gasteiger partial charge < -0.3 is 5.11 Å². The van der Waals surface area contributed by atoms with Gasteiger partial charge in [0.15, 0.2) is 0 Å². The number of aliphatic carboxylic acids is 1. The monoisotopic (exact) mass is 419 g/mol. The minimum Gasteiger partial charge on any atom is -0.481 e. The van der Waals surface area contributed by atoms with E-state index in [1.165, 1.54) is 16.9 Å². The molecule has 2 rings (SSSR count). The number of nitrogen functional groups attached to an aromatic ring is 1. The first kappa shape index (κ1) is 20.3. The van der Waals surface area contributed by atoms with Crippen LogP contribution in [0.1, 0.15) is 61.5 Å². The molecule has 1 unspecified atom stereocenters. The fourth-order valence-corrected chi connectivity index (χ4v) is 3.61. The molecule has 2 heterocycles. The van der Waals surface area contributed by atoms with Crippen molar-refractivity contribution in [2.75, 3.05) is 5.73 Å². The van der Waals surface area contributed by atoms with Crippen LogP contribution in [0, 0.1) is 6.92 Å². The second kappa shape index (κ2) is 10.2. The molecule has 0 amide bonds. The van der Waals surface area contributed by atoms with Gasteiger partial charge in [0.2, 0.25) is 0 Å². The number of aryl methyl sites for hydroxylation is 2. The molecular formula is C18H26AsN5O2. The molecule has 0 aliphatic carbocycles. The molecule has 0 aromatic carbocycles. The Bertz CT molecular complexity index is 704. The van der Waals surface area contributed by atoms with Crippen molar-refractivity contribution in [2.24, 2.45) is 0 Å². The van der Waals surface area contributed by atoms with Gasteiger partial charge in [-0.25, -0.2) is 9.97 Å². The molecule has 0 aliphatic heterocycles. The number of hydrogen-bond donors (Lipinski definition) is 2. The van der Waals surface area contributed by atoms with Crippen LogP contribution >= 0.6 is 0 Å². The average molecular weight is 419 g/mol. The van der Waals surface area contributed by atoms with Gasteiger partial charge in [-0.05, 0) is 6.92 Å². The Hall–Kier alpha value is -2.01. The normalized spacial score (nSPS) is 12.1. The molecule has 0 bridgehead atoms. The van der Waals surface area contributed by atoms with Crippen molar-refractivity contribution in [3.8, 4) is 0 Å². The predicted molar refractivity (Wildman–Crippen MR) is 103 cm³/mol. The Balaban J connectivity index is 1.75. The molecule has 8 heteroatoms. The van der Waals surface area contributed by atoms with E-state index in [1.54, 1.807) is 12.4 Å². The summed E-state index contributed by atoms with van der Waals surface area (Å²) in [6.07, 6.45) is 9.52. The number of rotatable bonds is 10. The molecule has 2 aromatic rings. The van der Waals surface area contributed by atoms with Gasteiger partial charge in [-0.1, -0.05) is 0 Å². The number of carboxylic acid groups (broad SMARTS) is 1. The number of nitrogens with zero attached hydrogens (tertiary/aromatic N) is 4. The first-order valence-corrected chi connectivity index (χ1v) is 10.0. The fourth-order valence-electron chi connectivity index (χ4n) is 2.93.